The van der Waals surface area contributed by atoms with Crippen molar-refractivity contribution in [1.82, 2.24) is 9.80 Å². The molecule has 19 heavy (non-hydrogen) atoms. The summed E-state index contributed by atoms with van der Waals surface area (Å²) >= 11 is 0. The molecule has 0 saturated carbocycles. The van der Waals surface area contributed by atoms with Gasteiger partial charge >= 0.3 is 0 Å². The summed E-state index contributed by atoms with van der Waals surface area (Å²) in [4.78, 5) is 6.78. The summed E-state index contributed by atoms with van der Waals surface area (Å²) in [5.41, 5.74) is 0. The number of rotatable bonds is 3. The van der Waals surface area contributed by atoms with Gasteiger partial charge in [0.05, 0.1) is 12.7 Å². The Morgan fingerprint density at radius 3 is 2.74 bits per heavy atom. The molecular formula is C11H20N4O4. The van der Waals surface area contributed by atoms with Crippen molar-refractivity contribution in [3.63, 3.8) is 0 Å². The van der Waals surface area contributed by atoms with Crippen LogP contribution in [0.25, 0.3) is 0 Å². The van der Waals surface area contributed by atoms with E-state index < -0.39 is 24.8 Å². The van der Waals surface area contributed by atoms with E-state index in [-0.39, 0.29) is 25.0 Å². The molecule has 108 valence electrons. The predicted octanol–water partition coefficient (Wildman–Crippen LogP) is -1.28. The SMILES string of the molecule is CC(C)N1C(=N)N=CN([C@H]2CC(O)[C@@H](CO)O2)C1O. The van der Waals surface area contributed by atoms with Gasteiger partial charge in [-0.05, 0) is 13.8 Å². The van der Waals surface area contributed by atoms with E-state index in [9.17, 15) is 10.2 Å². The first kappa shape index (κ1) is 14.2. The van der Waals surface area contributed by atoms with Crippen molar-refractivity contribution in [3.05, 3.63) is 0 Å². The molecule has 2 heterocycles. The summed E-state index contributed by atoms with van der Waals surface area (Å²) < 4.78 is 5.47. The number of nitrogens with one attached hydrogen (secondary N) is 1. The zero-order valence-electron chi connectivity index (χ0n) is 11.0. The van der Waals surface area contributed by atoms with Gasteiger partial charge in [0.25, 0.3) is 0 Å². The van der Waals surface area contributed by atoms with Crippen LogP contribution < -0.4 is 0 Å². The minimum atomic E-state index is -1.07. The first-order valence-corrected chi connectivity index (χ1v) is 6.26. The molecule has 0 aromatic carbocycles. The van der Waals surface area contributed by atoms with Gasteiger partial charge in [0, 0.05) is 12.5 Å². The lowest BCUT2D eigenvalue weighted by Gasteiger charge is -2.42. The molecule has 4 N–H and O–H groups in total. The zero-order valence-corrected chi connectivity index (χ0v) is 11.0. The third-order valence-corrected chi connectivity index (χ3v) is 3.35. The van der Waals surface area contributed by atoms with Crippen molar-refractivity contribution in [1.29, 1.82) is 5.41 Å². The lowest BCUT2D eigenvalue weighted by atomic mass is 10.2. The van der Waals surface area contributed by atoms with Gasteiger partial charge in [-0.3, -0.25) is 15.2 Å². The number of nitrogens with zero attached hydrogens (tertiary/aromatic N) is 3. The van der Waals surface area contributed by atoms with Crippen LogP contribution >= 0.6 is 0 Å². The van der Waals surface area contributed by atoms with Gasteiger partial charge in [0.1, 0.15) is 18.7 Å². The normalized spacial score (nSPS) is 35.6. The molecule has 2 rings (SSSR count). The fourth-order valence-corrected chi connectivity index (χ4v) is 2.30. The van der Waals surface area contributed by atoms with Gasteiger partial charge in [0.2, 0.25) is 12.3 Å². The lowest BCUT2D eigenvalue weighted by Crippen LogP contribution is -2.58. The lowest BCUT2D eigenvalue weighted by molar-refractivity contribution is -0.142. The third kappa shape index (κ3) is 2.57. The van der Waals surface area contributed by atoms with Crippen LogP contribution in [0.4, 0.5) is 0 Å². The highest BCUT2D eigenvalue weighted by Crippen LogP contribution is 2.26. The van der Waals surface area contributed by atoms with Crippen LogP contribution in [0.15, 0.2) is 4.99 Å². The Balaban J connectivity index is 2.13. The molecule has 0 radical (unpaired) electrons. The Bertz CT molecular complexity index is 376. The molecule has 1 saturated heterocycles. The molecule has 8 nitrogen and oxygen atoms in total. The molecule has 0 aromatic heterocycles. The van der Waals surface area contributed by atoms with Crippen molar-refractivity contribution in [2.75, 3.05) is 6.61 Å². The van der Waals surface area contributed by atoms with Gasteiger partial charge in [-0.1, -0.05) is 0 Å². The van der Waals surface area contributed by atoms with E-state index in [0.29, 0.717) is 0 Å². The average molecular weight is 272 g/mol. The quantitative estimate of drug-likeness (QED) is 0.509. The van der Waals surface area contributed by atoms with Gasteiger partial charge < -0.3 is 20.1 Å². The number of aliphatic imine (C=N–C) groups is 1. The Labute approximate surface area is 111 Å². The van der Waals surface area contributed by atoms with Crippen LogP contribution in [0.5, 0.6) is 0 Å². The second kappa shape index (κ2) is 5.41. The topological polar surface area (TPSA) is 113 Å². The van der Waals surface area contributed by atoms with E-state index in [1.54, 1.807) is 0 Å². The highest BCUT2D eigenvalue weighted by atomic mass is 16.5. The third-order valence-electron chi connectivity index (χ3n) is 3.35. The van der Waals surface area contributed by atoms with E-state index >= 15 is 0 Å². The summed E-state index contributed by atoms with van der Waals surface area (Å²) in [6.45, 7) is 3.41. The van der Waals surface area contributed by atoms with E-state index in [1.165, 1.54) is 16.1 Å². The molecule has 4 atom stereocenters. The van der Waals surface area contributed by atoms with Crippen molar-refractivity contribution in [2.24, 2.45) is 4.99 Å². The first-order chi connectivity index (χ1) is 8.95. The molecule has 1 fully saturated rings. The van der Waals surface area contributed by atoms with E-state index in [1.807, 2.05) is 13.8 Å². The maximum atomic E-state index is 10.3. The van der Waals surface area contributed by atoms with Crippen LogP contribution in [0.1, 0.15) is 20.3 Å². The number of hydrogen-bond acceptors (Lipinski definition) is 6. The summed E-state index contributed by atoms with van der Waals surface area (Å²) in [5.74, 6) is -0.0176. The Morgan fingerprint density at radius 2 is 2.21 bits per heavy atom. The Morgan fingerprint density at radius 1 is 1.53 bits per heavy atom. The summed E-state index contributed by atoms with van der Waals surface area (Å²) in [7, 11) is 0. The smallest absolute Gasteiger partial charge is 0.222 e. The zero-order chi connectivity index (χ0) is 14.2. The Kier molecular flexibility index (Phi) is 4.04. The molecule has 0 aliphatic carbocycles. The van der Waals surface area contributed by atoms with Crippen LogP contribution in [0.3, 0.4) is 0 Å². The van der Waals surface area contributed by atoms with E-state index in [4.69, 9.17) is 15.3 Å². The monoisotopic (exact) mass is 272 g/mol. The number of aliphatic hydroxyl groups is 3. The second-order valence-corrected chi connectivity index (χ2v) is 4.98. The highest BCUT2D eigenvalue weighted by molar-refractivity contribution is 5.87. The second-order valence-electron chi connectivity index (χ2n) is 4.98. The molecule has 0 amide bonds. The molecule has 2 aliphatic heterocycles. The summed E-state index contributed by atoms with van der Waals surface area (Å²) in [6.07, 6.45) is -1.46. The number of guanidine groups is 1. The molecular weight excluding hydrogens is 252 g/mol. The fraction of sp³-hybridized carbons (Fsp3) is 0.818. The maximum absolute atomic E-state index is 10.3. The van der Waals surface area contributed by atoms with Crippen LogP contribution in [-0.4, -0.2) is 74.9 Å². The van der Waals surface area contributed by atoms with E-state index in [2.05, 4.69) is 4.99 Å². The Hall–Kier alpha value is -1.22. The van der Waals surface area contributed by atoms with Crippen molar-refractivity contribution < 1.29 is 20.1 Å². The van der Waals surface area contributed by atoms with E-state index in [0.717, 1.165) is 0 Å². The van der Waals surface area contributed by atoms with Gasteiger partial charge in [0.15, 0.2) is 0 Å². The maximum Gasteiger partial charge on any atom is 0.222 e. The van der Waals surface area contributed by atoms with Gasteiger partial charge in [-0.15, -0.1) is 0 Å². The molecule has 0 bridgehead atoms. The predicted molar refractivity (Wildman–Crippen MR) is 67.4 cm³/mol. The van der Waals surface area contributed by atoms with Crippen LogP contribution in [-0.2, 0) is 4.74 Å². The number of hydrogen-bond donors (Lipinski definition) is 4. The molecule has 8 heteroatoms. The van der Waals surface area contributed by atoms with Gasteiger partial charge in [-0.25, -0.2) is 4.99 Å². The van der Waals surface area contributed by atoms with Gasteiger partial charge in [-0.2, -0.15) is 0 Å². The number of ether oxygens (including phenoxy) is 1. The molecule has 2 unspecified atom stereocenters. The van der Waals surface area contributed by atoms with Crippen LogP contribution in [0.2, 0.25) is 0 Å². The first-order valence-electron chi connectivity index (χ1n) is 6.26. The number of aliphatic hydroxyl groups excluding tert-OH is 3. The van der Waals surface area contributed by atoms with Crippen molar-refractivity contribution >= 4 is 12.3 Å². The summed E-state index contributed by atoms with van der Waals surface area (Å²) in [5, 5.41) is 36.7. The van der Waals surface area contributed by atoms with Crippen molar-refractivity contribution in [3.8, 4) is 0 Å². The summed E-state index contributed by atoms with van der Waals surface area (Å²) in [6, 6.07) is -0.0950. The van der Waals surface area contributed by atoms with Crippen LogP contribution in [0, 0.1) is 5.41 Å². The molecule has 2 aliphatic rings. The standard InChI is InChI=1S/C11H20N4O4/c1-6(2)15-10(12)13-5-14(11(15)18)9-3-7(17)8(4-16)19-9/h5-9,11-12,16-18H,3-4H2,1-2H3/t7?,8-,9-,11?/m1/s1. The van der Waals surface area contributed by atoms with Crippen molar-refractivity contribution in [2.45, 2.75) is 51.1 Å². The largest absolute Gasteiger partial charge is 0.394 e. The fourth-order valence-electron chi connectivity index (χ4n) is 2.30. The minimum Gasteiger partial charge on any atom is -0.394 e. The minimum absolute atomic E-state index is 0.0176. The molecule has 0 spiro atoms. The molecule has 0 aromatic rings. The highest BCUT2D eigenvalue weighted by Gasteiger charge is 2.41. The average Bonchev–Trinajstić information content (AvgIpc) is 2.70.